The molecule has 25 heavy (non-hydrogen) atoms. The van der Waals surface area contributed by atoms with E-state index in [0.717, 1.165) is 6.07 Å². The van der Waals surface area contributed by atoms with Crippen molar-refractivity contribution in [1.29, 1.82) is 0 Å². The van der Waals surface area contributed by atoms with Crippen molar-refractivity contribution in [3.63, 3.8) is 0 Å². The number of halogens is 3. The number of carbonyl (C=O) groups is 2. The quantitative estimate of drug-likeness (QED) is 0.755. The SMILES string of the molecule is O=C(Cn1cc(C(F)(F)F)ccc1=O)NCCNC(=O)c1ccco1. The van der Waals surface area contributed by atoms with Crippen LogP contribution in [0.2, 0.25) is 0 Å². The Kier molecular flexibility index (Phi) is 5.63. The monoisotopic (exact) mass is 357 g/mol. The van der Waals surface area contributed by atoms with Crippen molar-refractivity contribution in [1.82, 2.24) is 15.2 Å². The second-order valence-corrected chi connectivity index (χ2v) is 4.96. The summed E-state index contributed by atoms with van der Waals surface area (Å²) in [5, 5.41) is 4.87. The zero-order valence-corrected chi connectivity index (χ0v) is 12.8. The fraction of sp³-hybridized carbons (Fsp3) is 0.267. The Morgan fingerprint density at radius 1 is 1.12 bits per heavy atom. The Balaban J connectivity index is 1.82. The average molecular weight is 357 g/mol. The third-order valence-electron chi connectivity index (χ3n) is 3.10. The Labute approximate surface area is 139 Å². The van der Waals surface area contributed by atoms with E-state index in [9.17, 15) is 27.6 Å². The van der Waals surface area contributed by atoms with Crippen LogP contribution in [0.5, 0.6) is 0 Å². The molecule has 134 valence electrons. The smallest absolute Gasteiger partial charge is 0.417 e. The molecule has 0 aliphatic rings. The molecule has 2 rings (SSSR count). The minimum atomic E-state index is -4.61. The molecule has 2 aromatic heterocycles. The molecule has 0 aromatic carbocycles. The first kappa shape index (κ1) is 18.3. The van der Waals surface area contributed by atoms with Gasteiger partial charge in [0, 0.05) is 25.4 Å². The highest BCUT2D eigenvalue weighted by molar-refractivity contribution is 5.91. The fourth-order valence-corrected chi connectivity index (χ4v) is 1.91. The normalized spacial score (nSPS) is 11.2. The van der Waals surface area contributed by atoms with E-state index >= 15 is 0 Å². The highest BCUT2D eigenvalue weighted by atomic mass is 19.4. The summed E-state index contributed by atoms with van der Waals surface area (Å²) in [5.41, 5.74) is -1.75. The predicted octanol–water partition coefficient (Wildman–Crippen LogP) is 1.01. The highest BCUT2D eigenvalue weighted by Gasteiger charge is 2.31. The minimum Gasteiger partial charge on any atom is -0.459 e. The predicted molar refractivity (Wildman–Crippen MR) is 79.8 cm³/mol. The maximum Gasteiger partial charge on any atom is 0.417 e. The van der Waals surface area contributed by atoms with Crippen LogP contribution < -0.4 is 16.2 Å². The van der Waals surface area contributed by atoms with Gasteiger partial charge in [-0.3, -0.25) is 14.4 Å². The summed E-state index contributed by atoms with van der Waals surface area (Å²) in [7, 11) is 0. The van der Waals surface area contributed by atoms with Gasteiger partial charge >= 0.3 is 6.18 Å². The summed E-state index contributed by atoms with van der Waals surface area (Å²) in [5.74, 6) is -1.01. The Morgan fingerprint density at radius 3 is 2.48 bits per heavy atom. The van der Waals surface area contributed by atoms with Gasteiger partial charge in [-0.15, -0.1) is 0 Å². The lowest BCUT2D eigenvalue weighted by Gasteiger charge is -2.11. The first-order valence-electron chi connectivity index (χ1n) is 7.13. The molecule has 2 N–H and O–H groups in total. The number of furan rings is 1. The van der Waals surface area contributed by atoms with E-state index in [2.05, 4.69) is 10.6 Å². The van der Waals surface area contributed by atoms with Crippen LogP contribution in [0, 0.1) is 0 Å². The minimum absolute atomic E-state index is 0.0407. The molecule has 0 bridgehead atoms. The van der Waals surface area contributed by atoms with Crippen LogP contribution in [0.25, 0.3) is 0 Å². The standard InChI is InChI=1S/C15H14F3N3O4/c16-15(17,18)10-3-4-13(23)21(8-10)9-12(22)19-5-6-20-14(24)11-2-1-7-25-11/h1-4,7-8H,5-6,9H2,(H,19,22)(H,20,24). The van der Waals surface area contributed by atoms with Gasteiger partial charge in [0.2, 0.25) is 5.91 Å². The number of carbonyl (C=O) groups excluding carboxylic acids is 2. The van der Waals surface area contributed by atoms with Crippen LogP contribution in [0.3, 0.4) is 0 Å². The zero-order valence-electron chi connectivity index (χ0n) is 12.8. The largest absolute Gasteiger partial charge is 0.459 e. The van der Waals surface area contributed by atoms with Crippen LogP contribution in [0.15, 0.2) is 45.9 Å². The number of amides is 2. The van der Waals surface area contributed by atoms with E-state index in [1.165, 1.54) is 12.3 Å². The van der Waals surface area contributed by atoms with Gasteiger partial charge in [0.15, 0.2) is 5.76 Å². The van der Waals surface area contributed by atoms with Gasteiger partial charge < -0.3 is 19.6 Å². The van der Waals surface area contributed by atoms with Gasteiger partial charge in [0.25, 0.3) is 11.5 Å². The van der Waals surface area contributed by atoms with Gasteiger partial charge in [-0.1, -0.05) is 0 Å². The summed E-state index contributed by atoms with van der Waals surface area (Å²) >= 11 is 0. The van der Waals surface area contributed by atoms with Crippen LogP contribution in [0.4, 0.5) is 13.2 Å². The molecule has 0 unspecified atom stereocenters. The second kappa shape index (κ2) is 7.69. The third-order valence-corrected chi connectivity index (χ3v) is 3.10. The molecule has 0 saturated heterocycles. The average Bonchev–Trinajstić information content (AvgIpc) is 3.07. The number of alkyl halides is 3. The van der Waals surface area contributed by atoms with Gasteiger partial charge in [0.1, 0.15) is 6.54 Å². The summed E-state index contributed by atoms with van der Waals surface area (Å²) in [6.45, 7) is -0.434. The number of hydrogen-bond acceptors (Lipinski definition) is 4. The highest BCUT2D eigenvalue weighted by Crippen LogP contribution is 2.27. The molecule has 2 amide bonds. The van der Waals surface area contributed by atoms with E-state index in [-0.39, 0.29) is 18.8 Å². The molecule has 0 radical (unpaired) electrons. The third kappa shape index (κ3) is 5.23. The summed E-state index contributed by atoms with van der Waals surface area (Å²) in [4.78, 5) is 34.8. The molecule has 10 heteroatoms. The molecule has 0 spiro atoms. The summed E-state index contributed by atoms with van der Waals surface area (Å²) in [6, 6.07) is 4.41. The zero-order chi connectivity index (χ0) is 18.4. The first-order valence-corrected chi connectivity index (χ1v) is 7.13. The molecule has 7 nitrogen and oxygen atoms in total. The van der Waals surface area contributed by atoms with E-state index in [0.29, 0.717) is 16.8 Å². The van der Waals surface area contributed by atoms with Crippen molar-refractivity contribution in [2.75, 3.05) is 13.1 Å². The lowest BCUT2D eigenvalue weighted by molar-refractivity contribution is -0.138. The van der Waals surface area contributed by atoms with Gasteiger partial charge in [0.05, 0.1) is 11.8 Å². The van der Waals surface area contributed by atoms with Crippen LogP contribution in [-0.2, 0) is 17.5 Å². The van der Waals surface area contributed by atoms with E-state index < -0.39 is 35.7 Å². The number of hydrogen-bond donors (Lipinski definition) is 2. The molecule has 0 aliphatic carbocycles. The molecule has 0 saturated carbocycles. The van der Waals surface area contributed by atoms with Crippen molar-refractivity contribution < 1.29 is 27.2 Å². The van der Waals surface area contributed by atoms with Crippen molar-refractivity contribution in [2.45, 2.75) is 12.7 Å². The summed E-state index contributed by atoms with van der Waals surface area (Å²) < 4.78 is 43.4. The molecule has 2 aromatic rings. The number of nitrogens with zero attached hydrogens (tertiary/aromatic N) is 1. The Bertz CT molecular complexity index is 797. The lowest BCUT2D eigenvalue weighted by atomic mass is 10.3. The summed E-state index contributed by atoms with van der Waals surface area (Å²) in [6.07, 6.45) is -2.69. The Morgan fingerprint density at radius 2 is 1.84 bits per heavy atom. The van der Waals surface area contributed by atoms with Crippen LogP contribution >= 0.6 is 0 Å². The first-order chi connectivity index (χ1) is 11.8. The molecule has 0 atom stereocenters. The molecule has 0 aliphatic heterocycles. The number of nitrogens with one attached hydrogen (secondary N) is 2. The Hall–Kier alpha value is -3.04. The molecule has 2 heterocycles. The lowest BCUT2D eigenvalue weighted by Crippen LogP contribution is -2.37. The maximum atomic E-state index is 12.6. The van der Waals surface area contributed by atoms with Crippen molar-refractivity contribution >= 4 is 11.8 Å². The van der Waals surface area contributed by atoms with Crippen molar-refractivity contribution in [2.24, 2.45) is 0 Å². The van der Waals surface area contributed by atoms with E-state index in [1.807, 2.05) is 0 Å². The molecular weight excluding hydrogens is 343 g/mol. The van der Waals surface area contributed by atoms with E-state index in [4.69, 9.17) is 4.42 Å². The number of rotatable bonds is 6. The van der Waals surface area contributed by atoms with Crippen molar-refractivity contribution in [3.8, 4) is 0 Å². The van der Waals surface area contributed by atoms with Gasteiger partial charge in [-0.25, -0.2) is 0 Å². The topological polar surface area (TPSA) is 93.3 Å². The van der Waals surface area contributed by atoms with Crippen LogP contribution in [-0.4, -0.2) is 29.5 Å². The number of pyridine rings is 1. The maximum absolute atomic E-state index is 12.6. The van der Waals surface area contributed by atoms with Gasteiger partial charge in [-0.05, 0) is 18.2 Å². The number of aromatic nitrogens is 1. The van der Waals surface area contributed by atoms with Gasteiger partial charge in [-0.2, -0.15) is 13.2 Å². The van der Waals surface area contributed by atoms with E-state index in [1.54, 1.807) is 6.07 Å². The van der Waals surface area contributed by atoms with Crippen LogP contribution in [0.1, 0.15) is 16.1 Å². The second-order valence-electron chi connectivity index (χ2n) is 4.96. The molecular formula is C15H14F3N3O4. The fourth-order valence-electron chi connectivity index (χ4n) is 1.91. The molecule has 0 fully saturated rings. The van der Waals surface area contributed by atoms with Crippen molar-refractivity contribution in [3.05, 3.63) is 58.4 Å².